The van der Waals surface area contributed by atoms with E-state index in [2.05, 4.69) is 34.6 Å². The molecule has 1 spiro atoms. The highest BCUT2D eigenvalue weighted by atomic mass is 16.2. The first-order valence-corrected chi connectivity index (χ1v) is 10.0. The van der Waals surface area contributed by atoms with Crippen molar-refractivity contribution >= 4 is 23.1 Å². The molecule has 2 saturated heterocycles. The fraction of sp³-hybridized carbons (Fsp3) is 0.700. The van der Waals surface area contributed by atoms with Crippen LogP contribution in [-0.4, -0.2) is 67.6 Å². The Kier molecular flexibility index (Phi) is 3.52. The van der Waals surface area contributed by atoms with E-state index in [0.717, 1.165) is 44.2 Å². The first kappa shape index (κ1) is 16.4. The molecule has 0 unspecified atom stereocenters. The van der Waals surface area contributed by atoms with Gasteiger partial charge in [-0.1, -0.05) is 0 Å². The smallest absolute Gasteiger partial charge is 0.250 e. The maximum atomic E-state index is 13.1. The van der Waals surface area contributed by atoms with E-state index in [4.69, 9.17) is 4.98 Å². The minimum atomic E-state index is -0.108. The van der Waals surface area contributed by atoms with Gasteiger partial charge >= 0.3 is 0 Å². The van der Waals surface area contributed by atoms with E-state index in [1.54, 1.807) is 0 Å². The predicted molar refractivity (Wildman–Crippen MR) is 104 cm³/mol. The van der Waals surface area contributed by atoms with Gasteiger partial charge in [0, 0.05) is 45.8 Å². The van der Waals surface area contributed by atoms with Crippen LogP contribution < -0.4 is 14.7 Å². The molecule has 1 saturated carbocycles. The lowest BCUT2D eigenvalue weighted by Gasteiger charge is -2.47. The second-order valence-electron chi connectivity index (χ2n) is 8.90. The van der Waals surface area contributed by atoms with Crippen molar-refractivity contribution < 1.29 is 4.79 Å². The van der Waals surface area contributed by atoms with Crippen LogP contribution in [0.4, 0.5) is 17.2 Å². The Balaban J connectivity index is 1.45. The average Bonchev–Trinajstić information content (AvgIpc) is 3.27. The summed E-state index contributed by atoms with van der Waals surface area (Å²) in [6.07, 6.45) is 6.08. The molecule has 1 aliphatic carbocycles. The lowest BCUT2D eigenvalue weighted by Crippen LogP contribution is -2.63. The summed E-state index contributed by atoms with van der Waals surface area (Å²) in [4.78, 5) is 26.8. The van der Waals surface area contributed by atoms with Gasteiger partial charge in [-0.25, -0.2) is 4.98 Å². The van der Waals surface area contributed by atoms with Gasteiger partial charge in [0.1, 0.15) is 6.04 Å². The largest absolute Gasteiger partial charge is 0.370 e. The van der Waals surface area contributed by atoms with E-state index < -0.39 is 0 Å². The molecular formula is C20H29N5O. The Morgan fingerprint density at radius 3 is 2.69 bits per heavy atom. The number of anilines is 3. The number of hydrogen-bond acceptors (Lipinski definition) is 5. The van der Waals surface area contributed by atoms with Crippen molar-refractivity contribution in [3.8, 4) is 0 Å². The van der Waals surface area contributed by atoms with Crippen molar-refractivity contribution in [1.29, 1.82) is 0 Å². The van der Waals surface area contributed by atoms with Gasteiger partial charge in [-0.05, 0) is 44.6 Å². The summed E-state index contributed by atoms with van der Waals surface area (Å²) in [7, 11) is 1.91. The first-order valence-electron chi connectivity index (χ1n) is 10.0. The van der Waals surface area contributed by atoms with Crippen LogP contribution in [0.2, 0.25) is 0 Å². The molecule has 3 aliphatic heterocycles. The van der Waals surface area contributed by atoms with Crippen molar-refractivity contribution in [2.75, 3.05) is 54.5 Å². The molecule has 1 aromatic rings. The number of likely N-dealkylation sites (N-methyl/N-ethyl adjacent to an activating group) is 1. The number of aromatic nitrogens is 1. The highest BCUT2D eigenvalue weighted by Gasteiger charge is 2.48. The third kappa shape index (κ3) is 2.42. The van der Waals surface area contributed by atoms with Crippen LogP contribution in [0.15, 0.2) is 12.3 Å². The summed E-state index contributed by atoms with van der Waals surface area (Å²) < 4.78 is 0. The number of hydrogen-bond donors (Lipinski definition) is 0. The van der Waals surface area contributed by atoms with E-state index in [1.165, 1.54) is 24.9 Å². The van der Waals surface area contributed by atoms with Gasteiger partial charge in [0.15, 0.2) is 5.82 Å². The molecule has 1 atom stereocenters. The normalized spacial score (nSPS) is 27.3. The zero-order valence-electron chi connectivity index (χ0n) is 16.1. The lowest BCUT2D eigenvalue weighted by atomic mass is 10.0. The zero-order chi connectivity index (χ0) is 18.1. The Morgan fingerprint density at radius 2 is 2.00 bits per heavy atom. The Hall–Kier alpha value is -1.82. The summed E-state index contributed by atoms with van der Waals surface area (Å²) in [5.41, 5.74) is 2.74. The Labute approximate surface area is 155 Å². The first-order chi connectivity index (χ1) is 12.5. The molecule has 4 aliphatic rings. The number of fused-ring (bicyclic) bond motifs is 3. The molecule has 0 aromatic carbocycles. The highest BCUT2D eigenvalue weighted by Crippen LogP contribution is 2.53. The van der Waals surface area contributed by atoms with Crippen LogP contribution in [0.1, 0.15) is 33.1 Å². The quantitative estimate of drug-likeness (QED) is 0.811. The third-order valence-electron chi connectivity index (χ3n) is 6.98. The van der Waals surface area contributed by atoms with Crippen molar-refractivity contribution in [2.24, 2.45) is 5.41 Å². The number of rotatable bonds is 2. The molecule has 0 radical (unpaired) electrons. The minimum Gasteiger partial charge on any atom is -0.370 e. The van der Waals surface area contributed by atoms with Gasteiger partial charge in [0.25, 0.3) is 5.91 Å². The molecule has 5 rings (SSSR count). The van der Waals surface area contributed by atoms with Gasteiger partial charge in [0.05, 0.1) is 17.6 Å². The van der Waals surface area contributed by atoms with Gasteiger partial charge < -0.3 is 14.7 Å². The minimum absolute atomic E-state index is 0.108. The van der Waals surface area contributed by atoms with Crippen LogP contribution in [0.25, 0.3) is 0 Å². The number of carbonyl (C=O) groups excluding carboxylic acids is 1. The molecule has 1 aromatic heterocycles. The van der Waals surface area contributed by atoms with E-state index in [1.807, 2.05) is 18.1 Å². The standard InChI is InChI=1S/C20H29N5O/c1-14(2)23-8-9-25-17(12-23)19(26)22(3)16-10-15(11-21-18(16)25)24-7-6-20(13-24)4-5-20/h10-11,14,17H,4-9,12-13H2,1-3H3/t17-/m0/s1. The molecule has 1 amide bonds. The van der Waals surface area contributed by atoms with Crippen molar-refractivity contribution in [1.82, 2.24) is 9.88 Å². The summed E-state index contributed by atoms with van der Waals surface area (Å²) >= 11 is 0. The number of carbonyl (C=O) groups is 1. The van der Waals surface area contributed by atoms with Gasteiger partial charge in [0.2, 0.25) is 0 Å². The molecule has 26 heavy (non-hydrogen) atoms. The fourth-order valence-electron chi connectivity index (χ4n) is 4.90. The molecule has 140 valence electrons. The molecule has 6 heteroatoms. The molecule has 4 heterocycles. The number of amides is 1. The van der Waals surface area contributed by atoms with E-state index >= 15 is 0 Å². The second-order valence-corrected chi connectivity index (χ2v) is 8.90. The topological polar surface area (TPSA) is 42.9 Å². The molecular weight excluding hydrogens is 326 g/mol. The molecule has 0 bridgehead atoms. The average molecular weight is 355 g/mol. The Bertz CT molecular complexity index is 744. The van der Waals surface area contributed by atoms with Crippen LogP contribution >= 0.6 is 0 Å². The summed E-state index contributed by atoms with van der Waals surface area (Å²) in [5, 5.41) is 0. The van der Waals surface area contributed by atoms with Crippen LogP contribution in [0.5, 0.6) is 0 Å². The maximum absolute atomic E-state index is 13.1. The summed E-state index contributed by atoms with van der Waals surface area (Å²) in [6.45, 7) is 9.33. The fourth-order valence-corrected chi connectivity index (χ4v) is 4.90. The number of nitrogens with zero attached hydrogens (tertiary/aromatic N) is 5. The highest BCUT2D eigenvalue weighted by molar-refractivity contribution is 6.05. The molecule has 3 fully saturated rings. The zero-order valence-corrected chi connectivity index (χ0v) is 16.1. The molecule has 6 nitrogen and oxygen atoms in total. The number of pyridine rings is 1. The lowest BCUT2D eigenvalue weighted by molar-refractivity contribution is -0.121. The van der Waals surface area contributed by atoms with Gasteiger partial charge in [-0.3, -0.25) is 9.69 Å². The van der Waals surface area contributed by atoms with Crippen molar-refractivity contribution in [2.45, 2.75) is 45.2 Å². The van der Waals surface area contributed by atoms with Crippen LogP contribution in [0.3, 0.4) is 0 Å². The van der Waals surface area contributed by atoms with E-state index in [-0.39, 0.29) is 11.9 Å². The van der Waals surface area contributed by atoms with Gasteiger partial charge in [-0.2, -0.15) is 0 Å². The number of piperazine rings is 1. The summed E-state index contributed by atoms with van der Waals surface area (Å²) in [5.74, 6) is 1.17. The second kappa shape index (κ2) is 5.59. The van der Waals surface area contributed by atoms with E-state index in [0.29, 0.717) is 11.5 Å². The third-order valence-corrected chi connectivity index (χ3v) is 6.98. The predicted octanol–water partition coefficient (Wildman–Crippen LogP) is 1.95. The van der Waals surface area contributed by atoms with Gasteiger partial charge in [-0.15, -0.1) is 0 Å². The van der Waals surface area contributed by atoms with Crippen LogP contribution in [0, 0.1) is 5.41 Å². The molecule has 0 N–H and O–H groups in total. The van der Waals surface area contributed by atoms with Crippen LogP contribution in [-0.2, 0) is 4.79 Å². The van der Waals surface area contributed by atoms with E-state index in [9.17, 15) is 4.79 Å². The SMILES string of the molecule is CC(C)N1CCN2c3ncc(N4CCC5(CC5)C4)cc3N(C)C(=O)[C@@H]2C1. The maximum Gasteiger partial charge on any atom is 0.250 e. The van der Waals surface area contributed by atoms with Crippen molar-refractivity contribution in [3.63, 3.8) is 0 Å². The monoisotopic (exact) mass is 355 g/mol. The Morgan fingerprint density at radius 1 is 1.19 bits per heavy atom. The van der Waals surface area contributed by atoms with Crippen molar-refractivity contribution in [3.05, 3.63) is 12.3 Å². The summed E-state index contributed by atoms with van der Waals surface area (Å²) in [6, 6.07) is 2.55.